The quantitative estimate of drug-likeness (QED) is 0.0177. The fourth-order valence-corrected chi connectivity index (χ4v) is 20.1. The lowest BCUT2D eigenvalue weighted by Gasteiger charge is -2.72. The molecule has 3 aliphatic heterocycles. The summed E-state index contributed by atoms with van der Waals surface area (Å²) in [5, 5.41) is 0. The maximum Gasteiger partial charge on any atom is 0.313 e. The number of fused-ring (bicyclic) bond motifs is 7. The lowest BCUT2D eigenvalue weighted by molar-refractivity contribution is -0.389. The Bertz CT molecular complexity index is 3780. The average molecular weight is 1510 g/mol. The van der Waals surface area contributed by atoms with E-state index in [-0.39, 0.29) is 85.2 Å². The average Bonchev–Trinajstić information content (AvgIpc) is 0.673. The molecule has 7 fully saturated rings. The second-order valence-electron chi connectivity index (χ2n) is 33.3. The molecule has 22 atom stereocenters. The van der Waals surface area contributed by atoms with Gasteiger partial charge in [-0.1, -0.05) is 181 Å². The van der Waals surface area contributed by atoms with Crippen LogP contribution in [0, 0.1) is 50.2 Å². The van der Waals surface area contributed by atoms with Crippen LogP contribution in [0.15, 0.2) is 133 Å². The van der Waals surface area contributed by atoms with Crippen LogP contribution in [0.5, 0.6) is 0 Å². The van der Waals surface area contributed by atoms with E-state index in [0.29, 0.717) is 6.42 Å². The molecule has 0 radical (unpaired) electrons. The predicted molar refractivity (Wildman–Crippen MR) is 394 cm³/mol. The molecule has 3 heterocycles. The summed E-state index contributed by atoms with van der Waals surface area (Å²) in [6, 6.07) is 39.1. The first-order valence-corrected chi connectivity index (χ1v) is 38.7. The summed E-state index contributed by atoms with van der Waals surface area (Å²) < 4.78 is 112. The van der Waals surface area contributed by atoms with Crippen LogP contribution in [0.1, 0.15) is 163 Å². The molecule has 0 unspecified atom stereocenters. The van der Waals surface area contributed by atoms with Gasteiger partial charge in [0.2, 0.25) is 0 Å². The van der Waals surface area contributed by atoms with Crippen molar-refractivity contribution < 1.29 is 109 Å². The van der Waals surface area contributed by atoms with Gasteiger partial charge in [0.15, 0.2) is 49.4 Å². The SMILES string of the molecule is COCO[C@@H]1C[C@]2(C)[C@H]3CC=C4[C@@H]5CC(C)(C)CC[C@]5(C(=O)OCc5ccccc5)CC[C@@]4(C)[C@]3(C)CC[C@H]2C(C)(C)[C@H]1O[C@@H]1O[C@H](COCc2ccccc2)[C@@H](OCc2ccccc2)[C@H](OCc2ccccc2)[C@H]1O[C@@H]1OC[C@@H](O[C@@H]2OC[C@H](OC(C)=O)[C@H](OC(C)=O)[C@H]2OC(C)=O)[C@H](OC(C)=O)[C@H]1OC(C)=O. The zero-order valence-electron chi connectivity index (χ0n) is 65.4. The number of hydrogen-bond acceptors (Lipinski definition) is 23. The van der Waals surface area contributed by atoms with Crippen LogP contribution in [0.4, 0.5) is 0 Å². The third-order valence-electron chi connectivity index (χ3n) is 25.3. The van der Waals surface area contributed by atoms with Crippen molar-refractivity contribution in [3.8, 4) is 0 Å². The van der Waals surface area contributed by atoms with Gasteiger partial charge in [-0.25, -0.2) is 0 Å². The van der Waals surface area contributed by atoms with Gasteiger partial charge < -0.3 is 80.5 Å². The van der Waals surface area contributed by atoms with Crippen LogP contribution >= 0.6 is 0 Å². The zero-order valence-corrected chi connectivity index (χ0v) is 65.4. The summed E-state index contributed by atoms with van der Waals surface area (Å²) in [5.74, 6) is -3.83. The second-order valence-corrected chi connectivity index (χ2v) is 33.3. The number of carbonyl (C=O) groups excluding carboxylic acids is 6. The molecular formula is C86H112O23. The van der Waals surface area contributed by atoms with E-state index in [1.807, 2.05) is 121 Å². The number of ether oxygens (including phenoxy) is 17. The highest BCUT2D eigenvalue weighted by Crippen LogP contribution is 2.76. The van der Waals surface area contributed by atoms with Crippen LogP contribution in [-0.4, -0.2) is 162 Å². The molecule has 3 saturated heterocycles. The normalized spacial score (nSPS) is 35.8. The Kier molecular flexibility index (Phi) is 25.8. The molecule has 0 bridgehead atoms. The molecule has 12 rings (SSSR count). The smallest absolute Gasteiger partial charge is 0.313 e. The van der Waals surface area contributed by atoms with E-state index >= 15 is 0 Å². The predicted octanol–water partition coefficient (Wildman–Crippen LogP) is 12.8. The monoisotopic (exact) mass is 1510 g/mol. The van der Waals surface area contributed by atoms with E-state index < -0.39 is 146 Å². The van der Waals surface area contributed by atoms with Gasteiger partial charge >= 0.3 is 35.8 Å². The van der Waals surface area contributed by atoms with Gasteiger partial charge in [0.25, 0.3) is 0 Å². The summed E-state index contributed by atoms with van der Waals surface area (Å²) in [4.78, 5) is 80.3. The van der Waals surface area contributed by atoms with Crippen LogP contribution in [0.2, 0.25) is 0 Å². The molecule has 594 valence electrons. The summed E-state index contributed by atoms with van der Waals surface area (Å²) >= 11 is 0. The van der Waals surface area contributed by atoms with E-state index in [1.165, 1.54) is 19.4 Å². The fraction of sp³-hybridized carbons (Fsp3) is 0.628. The minimum Gasteiger partial charge on any atom is -0.460 e. The largest absolute Gasteiger partial charge is 0.460 e. The number of methoxy groups -OCH3 is 1. The Hall–Kier alpha value is -7.00. The summed E-state index contributed by atoms with van der Waals surface area (Å²) in [6.07, 6.45) is -9.35. The van der Waals surface area contributed by atoms with Crippen molar-refractivity contribution >= 4 is 35.8 Å². The van der Waals surface area contributed by atoms with Gasteiger partial charge in [-0.2, -0.15) is 0 Å². The van der Waals surface area contributed by atoms with Crippen LogP contribution < -0.4 is 0 Å². The molecule has 23 heteroatoms. The highest BCUT2D eigenvalue weighted by molar-refractivity contribution is 5.79. The lowest BCUT2D eigenvalue weighted by atomic mass is 9.33. The molecule has 0 amide bonds. The van der Waals surface area contributed by atoms with Gasteiger partial charge in [-0.15, -0.1) is 0 Å². The summed E-state index contributed by atoms with van der Waals surface area (Å²) in [6.45, 7) is 22.2. The topological polar surface area (TPSA) is 259 Å². The highest BCUT2D eigenvalue weighted by atomic mass is 16.8. The van der Waals surface area contributed by atoms with Gasteiger partial charge in [0.05, 0.1) is 57.3 Å². The molecule has 0 spiro atoms. The van der Waals surface area contributed by atoms with Crippen molar-refractivity contribution in [2.24, 2.45) is 50.2 Å². The molecule has 5 aliphatic carbocycles. The summed E-state index contributed by atoms with van der Waals surface area (Å²) in [5.41, 5.74) is 2.88. The lowest BCUT2D eigenvalue weighted by Crippen LogP contribution is -2.69. The Balaban J connectivity index is 0.923. The van der Waals surface area contributed by atoms with Crippen LogP contribution in [0.25, 0.3) is 0 Å². The molecule has 8 aliphatic rings. The standard InChI is InChI=1S/C86H112O23/c1-52(87)101-65-49-97-77(73(104-55(4)90)70(65)102-53(2)88)106-66-50-98-78(74(105-56(5)91)71(66)103-54(3)89)108-75-72(96-46-59-30-22-16-23-31-59)69(95-45-58-28-20-15-21-29-58)64(48-94-44-57-26-18-14-19-27-57)107-79(75)109-76-63(100-51-93-13)43-83(10)67(82(76,8)9)36-37-85(12)68(83)35-34-61-62-42-81(6,7)38-40-86(62,41-39-84(61,85)11)80(92)99-47-60-32-24-17-25-33-60/h14-34,62-79H,35-51H2,1-13H3/t62-,63+,64+,65-,66+,67-,68+,69+,70-,71-,72-,73+,74+,75+,76-,77-,78-,79-,83-,84+,85+,86-/m0/s1. The summed E-state index contributed by atoms with van der Waals surface area (Å²) in [7, 11) is 1.61. The van der Waals surface area contributed by atoms with E-state index in [4.69, 9.17) is 80.5 Å². The third kappa shape index (κ3) is 17.8. The van der Waals surface area contributed by atoms with E-state index in [1.54, 1.807) is 7.11 Å². The van der Waals surface area contributed by atoms with Gasteiger partial charge in [-0.05, 0) is 125 Å². The van der Waals surface area contributed by atoms with Crippen molar-refractivity contribution in [2.75, 3.05) is 33.7 Å². The minimum atomic E-state index is -1.65. The van der Waals surface area contributed by atoms with Gasteiger partial charge in [0, 0.05) is 41.7 Å². The second kappa shape index (κ2) is 34.5. The van der Waals surface area contributed by atoms with Crippen LogP contribution in [-0.2, 0) is 136 Å². The zero-order chi connectivity index (χ0) is 77.6. The van der Waals surface area contributed by atoms with Gasteiger partial charge in [0.1, 0.15) is 43.9 Å². The van der Waals surface area contributed by atoms with E-state index in [9.17, 15) is 28.8 Å². The Morgan fingerprint density at radius 2 is 0.972 bits per heavy atom. The highest BCUT2D eigenvalue weighted by Gasteiger charge is 2.71. The van der Waals surface area contributed by atoms with E-state index in [0.717, 1.165) is 94.4 Å². The van der Waals surface area contributed by atoms with Crippen molar-refractivity contribution in [3.05, 3.63) is 155 Å². The van der Waals surface area contributed by atoms with Crippen molar-refractivity contribution in [3.63, 3.8) is 0 Å². The molecule has 23 nitrogen and oxygen atoms in total. The van der Waals surface area contributed by atoms with Crippen molar-refractivity contribution in [1.82, 2.24) is 0 Å². The van der Waals surface area contributed by atoms with Crippen molar-refractivity contribution in [1.29, 1.82) is 0 Å². The first-order valence-electron chi connectivity index (χ1n) is 38.7. The van der Waals surface area contributed by atoms with E-state index in [2.05, 4.69) is 54.5 Å². The molecular weight excluding hydrogens is 1400 g/mol. The number of hydrogen-bond donors (Lipinski definition) is 0. The molecule has 4 saturated carbocycles. The maximum absolute atomic E-state index is 15.0. The number of allylic oxidation sites excluding steroid dienone is 2. The molecule has 4 aromatic rings. The molecule has 0 aromatic heterocycles. The number of esters is 6. The first kappa shape index (κ1) is 81.5. The number of benzene rings is 4. The Labute approximate surface area is 640 Å². The van der Waals surface area contributed by atoms with Crippen molar-refractivity contribution in [2.45, 2.75) is 259 Å². The van der Waals surface area contributed by atoms with Gasteiger partial charge in [-0.3, -0.25) is 28.8 Å². The molecule has 4 aromatic carbocycles. The molecule has 109 heavy (non-hydrogen) atoms. The Morgan fingerprint density at radius 1 is 0.468 bits per heavy atom. The fourth-order valence-electron chi connectivity index (χ4n) is 20.1. The number of rotatable bonds is 27. The Morgan fingerprint density at radius 3 is 1.53 bits per heavy atom. The first-order chi connectivity index (χ1) is 52.1. The van der Waals surface area contributed by atoms with Crippen LogP contribution in [0.3, 0.4) is 0 Å². The third-order valence-corrected chi connectivity index (χ3v) is 25.3. The maximum atomic E-state index is 15.0. The minimum absolute atomic E-state index is 0.0194. The number of carbonyl (C=O) groups is 6. The molecule has 0 N–H and O–H groups in total.